The summed E-state index contributed by atoms with van der Waals surface area (Å²) in [6.07, 6.45) is 0. The Bertz CT molecular complexity index is 68.0. The van der Waals surface area contributed by atoms with E-state index in [0.717, 1.165) is 0 Å². The van der Waals surface area contributed by atoms with Crippen molar-refractivity contribution in [2.24, 2.45) is 17.6 Å². The fourth-order valence-corrected chi connectivity index (χ4v) is 0. The molecule has 0 radical (unpaired) electrons. The first-order valence-corrected chi connectivity index (χ1v) is 1.50. The highest BCUT2D eigenvalue weighted by Crippen LogP contribution is 1.29. The second-order valence-electron chi connectivity index (χ2n) is 0.571. The maximum Gasteiger partial charge on any atom is 0.154 e. The summed E-state index contributed by atoms with van der Waals surface area (Å²) in [7, 11) is 0. The minimum Gasteiger partial charge on any atom is -0.320 e. The summed E-state index contributed by atoms with van der Waals surface area (Å²) < 4.78 is 0. The van der Waals surface area contributed by atoms with Crippen LogP contribution in [0.3, 0.4) is 0 Å². The van der Waals surface area contributed by atoms with Crippen molar-refractivity contribution in [3.8, 4) is 0 Å². The molecule has 0 unspecified atom stereocenters. The number of hydrogen-bond acceptors (Lipinski definition) is 6. The minimum absolute atomic E-state index is 1.00. The predicted octanol–water partition coefficient (Wildman–Crippen LogP) is -2.39. The molecule has 0 rings (SSSR count). The van der Waals surface area contributed by atoms with Gasteiger partial charge in [0.15, 0.2) is 10.1 Å². The van der Waals surface area contributed by atoms with Crippen LogP contribution in [0.1, 0.15) is 0 Å². The summed E-state index contributed by atoms with van der Waals surface area (Å²) in [5.74, 6) is 11.2. The van der Waals surface area contributed by atoms with Crippen LogP contribution >= 0.6 is 0 Å². The van der Waals surface area contributed by atoms with Gasteiger partial charge in [-0.3, -0.25) is 0 Å². The van der Waals surface area contributed by atoms with Crippen molar-refractivity contribution < 1.29 is 15.3 Å². The first kappa shape index (κ1) is 15.8. The predicted molar refractivity (Wildman–Crippen MR) is 28.3 cm³/mol. The van der Waals surface area contributed by atoms with Gasteiger partial charge >= 0.3 is 0 Å². The van der Waals surface area contributed by atoms with Crippen molar-refractivity contribution in [1.82, 2.24) is 0 Å². The molecule has 0 aliphatic rings. The van der Waals surface area contributed by atoms with E-state index in [1.165, 1.54) is 0 Å². The summed E-state index contributed by atoms with van der Waals surface area (Å²) in [6, 6.07) is 0. The number of hydrogen-bond donors (Lipinski definition) is 4. The first-order valence-electron chi connectivity index (χ1n) is 1.50. The molecule has 7 N–H and O–H groups in total. The van der Waals surface area contributed by atoms with Gasteiger partial charge in [0.2, 0.25) is 0 Å². The minimum atomic E-state index is -1.00. The fraction of sp³-hybridized carbons (Fsp3) is 0. The van der Waals surface area contributed by atoms with Crippen LogP contribution in [0.15, 0.2) is 0 Å². The van der Waals surface area contributed by atoms with Gasteiger partial charge in [-0.15, -0.1) is 0 Å². The third-order valence-corrected chi connectivity index (χ3v) is 0. The van der Waals surface area contributed by atoms with E-state index in [1.807, 2.05) is 0 Å². The Hall–Kier alpha value is -1.68. The molecular weight excluding hydrogens is 150 g/mol. The molecule has 0 aromatic rings. The van der Waals surface area contributed by atoms with Gasteiger partial charge in [0.1, 0.15) is 0 Å². The van der Waals surface area contributed by atoms with Gasteiger partial charge in [-0.05, 0) is 0 Å². The van der Waals surface area contributed by atoms with E-state index < -0.39 is 10.1 Å². The number of rotatable bonds is 0. The van der Waals surface area contributed by atoms with Crippen molar-refractivity contribution in [3.63, 3.8) is 0 Å². The van der Waals surface area contributed by atoms with Crippen LogP contribution in [0, 0.1) is 20.2 Å². The Morgan fingerprint density at radius 1 is 1.00 bits per heavy atom. The van der Waals surface area contributed by atoms with Gasteiger partial charge in [0.25, 0.3) is 0 Å². The number of nitrogens with zero attached hydrogens (tertiary/aromatic N) is 2. The highest BCUT2D eigenvalue weighted by molar-refractivity contribution is 3.87. The number of hydrazine groups is 2. The second kappa shape index (κ2) is 15.7. The highest BCUT2D eigenvalue weighted by atomic mass is 16.7. The highest BCUT2D eigenvalue weighted by Gasteiger charge is 1.57. The van der Waals surface area contributed by atoms with Crippen LogP contribution < -0.4 is 17.6 Å². The zero-order chi connectivity index (χ0) is 9.15. The van der Waals surface area contributed by atoms with Crippen LogP contribution in [0.25, 0.3) is 0 Å². The van der Waals surface area contributed by atoms with Crippen molar-refractivity contribution in [2.45, 2.75) is 0 Å². The molecule has 0 aromatic heterocycles. The molecule has 0 aromatic carbocycles. The molecule has 10 heteroatoms. The van der Waals surface area contributed by atoms with Crippen molar-refractivity contribution in [2.75, 3.05) is 0 Å². The zero-order valence-corrected chi connectivity index (χ0v) is 4.71. The lowest BCUT2D eigenvalue weighted by Crippen LogP contribution is -2.04. The van der Waals surface area contributed by atoms with Gasteiger partial charge in [-0.2, -0.15) is 11.7 Å². The maximum atomic E-state index is 8.58. The lowest BCUT2D eigenvalue weighted by Gasteiger charge is -1.61. The lowest BCUT2D eigenvalue weighted by atomic mass is 12.8. The molecular formula is H7N5O5. The molecule has 0 aliphatic heterocycles. The van der Waals surface area contributed by atoms with Crippen LogP contribution in [0.5, 0.6) is 0 Å². The molecule has 0 atom stereocenters. The third kappa shape index (κ3) is 63.4. The van der Waals surface area contributed by atoms with Gasteiger partial charge in [-0.25, -0.2) is 26.1 Å². The molecule has 0 heterocycles. The molecule has 0 bridgehead atoms. The van der Waals surface area contributed by atoms with E-state index in [2.05, 4.69) is 17.6 Å². The average Bonchev–Trinajstić information content (AvgIpc) is 1.66. The molecule has 0 fully saturated rings. The van der Waals surface area contributed by atoms with Crippen molar-refractivity contribution in [3.05, 3.63) is 20.2 Å². The molecule has 10 heavy (non-hydrogen) atoms. The number of nitrogens with two attached hydrogens (primary N) is 3. The van der Waals surface area contributed by atoms with E-state index in [4.69, 9.17) is 25.4 Å². The third-order valence-electron chi connectivity index (χ3n) is 0. The maximum absolute atomic E-state index is 8.58. The SMILES string of the molecule is NO.N[N+](=O)[O-].N[N+](=O)[O-]. The normalized spacial score (nSPS) is 5.40. The largest absolute Gasteiger partial charge is 0.320 e. The zero-order valence-electron chi connectivity index (χ0n) is 4.71. The molecule has 62 valence electrons. The van der Waals surface area contributed by atoms with Gasteiger partial charge in [0.05, 0.1) is 0 Å². The van der Waals surface area contributed by atoms with Crippen LogP contribution in [-0.4, -0.2) is 15.3 Å². The Labute approximate surface area is 54.4 Å². The quantitative estimate of drug-likeness (QED) is 0.170. The topological polar surface area (TPSA) is 185 Å². The monoisotopic (exact) mass is 157 g/mol. The second-order valence-corrected chi connectivity index (χ2v) is 0.571. The van der Waals surface area contributed by atoms with E-state index in [-0.39, 0.29) is 0 Å². The molecule has 10 nitrogen and oxygen atoms in total. The Kier molecular flexibility index (Phi) is 24.7. The number of nitro groups is 2. The van der Waals surface area contributed by atoms with E-state index in [9.17, 15) is 0 Å². The van der Waals surface area contributed by atoms with Gasteiger partial charge in [-0.1, -0.05) is 0 Å². The summed E-state index contributed by atoms with van der Waals surface area (Å²) >= 11 is 0. The standard InChI is InChI=1S/2H2N2O2.H3NO/c2*1-2(3)4;1-2/h2*1H2;2H,1H2. The Morgan fingerprint density at radius 2 is 1.00 bits per heavy atom. The summed E-state index contributed by atoms with van der Waals surface area (Å²) in [5.41, 5.74) is 0. The molecule has 0 saturated heterocycles. The van der Waals surface area contributed by atoms with Gasteiger partial charge < -0.3 is 5.21 Å². The lowest BCUT2D eigenvalue weighted by molar-refractivity contribution is -0.491. The van der Waals surface area contributed by atoms with E-state index in [1.54, 1.807) is 0 Å². The van der Waals surface area contributed by atoms with E-state index >= 15 is 0 Å². The van der Waals surface area contributed by atoms with Crippen molar-refractivity contribution >= 4 is 0 Å². The Morgan fingerprint density at radius 3 is 1.00 bits per heavy atom. The van der Waals surface area contributed by atoms with E-state index in [0.29, 0.717) is 0 Å². The van der Waals surface area contributed by atoms with Crippen LogP contribution in [0.4, 0.5) is 0 Å². The smallest absolute Gasteiger partial charge is 0.154 e. The Balaban J connectivity index is -0.0000000787. The van der Waals surface area contributed by atoms with Crippen LogP contribution in [0.2, 0.25) is 0 Å². The van der Waals surface area contributed by atoms with Gasteiger partial charge in [0, 0.05) is 0 Å². The fourth-order valence-electron chi connectivity index (χ4n) is 0. The summed E-state index contributed by atoms with van der Waals surface area (Å²) in [5, 5.41) is 21.7. The molecule has 0 spiro atoms. The first-order chi connectivity index (χ1) is 4.46. The molecule has 0 amide bonds. The molecule has 0 aliphatic carbocycles. The van der Waals surface area contributed by atoms with Crippen molar-refractivity contribution in [1.29, 1.82) is 0 Å². The van der Waals surface area contributed by atoms with Crippen LogP contribution in [-0.2, 0) is 0 Å². The summed E-state index contributed by atoms with van der Waals surface area (Å²) in [6.45, 7) is 0. The molecule has 0 saturated carbocycles. The summed E-state index contributed by atoms with van der Waals surface area (Å²) in [4.78, 5) is 17.2. The average molecular weight is 157 g/mol.